The Bertz CT molecular complexity index is 910. The number of aromatic nitrogens is 2. The van der Waals surface area contributed by atoms with Gasteiger partial charge >= 0.3 is 0 Å². The average Bonchev–Trinajstić information content (AvgIpc) is 3.62. The first-order chi connectivity index (χ1) is 14.8. The Labute approximate surface area is 178 Å². The Balaban J connectivity index is 1.52. The maximum absolute atomic E-state index is 8.92. The van der Waals surface area contributed by atoms with Gasteiger partial charge in [-0.3, -0.25) is 0 Å². The van der Waals surface area contributed by atoms with Crippen LogP contribution in [0.5, 0.6) is 0 Å². The van der Waals surface area contributed by atoms with Crippen LogP contribution in [0.15, 0.2) is 36.5 Å². The first-order valence-electron chi connectivity index (χ1n) is 10.6. The van der Waals surface area contributed by atoms with Crippen LogP contribution >= 0.6 is 0 Å². The molecular formula is C23H28N6O. The Morgan fingerprint density at radius 2 is 2.03 bits per heavy atom. The average molecular weight is 405 g/mol. The molecule has 1 aromatic carbocycles. The first-order valence-corrected chi connectivity index (χ1v) is 10.6. The number of ether oxygens (including phenoxy) is 1. The zero-order valence-electron chi connectivity index (χ0n) is 17.4. The lowest BCUT2D eigenvalue weighted by molar-refractivity contribution is 0.122. The number of anilines is 4. The minimum atomic E-state index is 0.562. The molecule has 2 fully saturated rings. The highest BCUT2D eigenvalue weighted by molar-refractivity contribution is 5.67. The number of rotatable bonds is 8. The standard InChI is InChI=1S/C23H28N6O/c1-2-28(17-18-5-6-18)22-19(4-3-11-24)16-25-23(27-22)26-20-7-9-21(10-8-20)29-12-14-30-15-13-29/h3-4,7-10,16,18H,2,5-6,12-15,17H2,1H3,(H,25,26,27)/b4-3+. The number of hydrogen-bond donors (Lipinski definition) is 1. The highest BCUT2D eigenvalue weighted by Gasteiger charge is 2.25. The van der Waals surface area contributed by atoms with Crippen LogP contribution in [0, 0.1) is 17.2 Å². The van der Waals surface area contributed by atoms with Gasteiger partial charge < -0.3 is 19.9 Å². The quantitative estimate of drug-likeness (QED) is 0.670. The van der Waals surface area contributed by atoms with E-state index in [0.29, 0.717) is 5.95 Å². The van der Waals surface area contributed by atoms with Crippen molar-refractivity contribution in [3.63, 3.8) is 0 Å². The predicted molar refractivity (Wildman–Crippen MR) is 120 cm³/mol. The minimum Gasteiger partial charge on any atom is -0.378 e. The Morgan fingerprint density at radius 1 is 1.27 bits per heavy atom. The van der Waals surface area contributed by atoms with E-state index in [-0.39, 0.29) is 0 Å². The van der Waals surface area contributed by atoms with Crippen LogP contribution in [-0.4, -0.2) is 49.4 Å². The van der Waals surface area contributed by atoms with E-state index in [1.165, 1.54) is 24.6 Å². The van der Waals surface area contributed by atoms with Crippen molar-refractivity contribution < 1.29 is 4.74 Å². The van der Waals surface area contributed by atoms with E-state index in [9.17, 15) is 0 Å². The van der Waals surface area contributed by atoms with Gasteiger partial charge in [-0.25, -0.2) is 4.98 Å². The fourth-order valence-corrected chi connectivity index (χ4v) is 3.62. The number of morpholine rings is 1. The second-order valence-electron chi connectivity index (χ2n) is 7.69. The SMILES string of the molecule is CCN(CC1CC1)c1nc(Nc2ccc(N3CCOCC3)cc2)ncc1/C=C/C#N. The van der Waals surface area contributed by atoms with Crippen LogP contribution in [0.3, 0.4) is 0 Å². The lowest BCUT2D eigenvalue weighted by atomic mass is 10.2. The van der Waals surface area contributed by atoms with Crippen LogP contribution < -0.4 is 15.1 Å². The predicted octanol–water partition coefficient (Wildman–Crippen LogP) is 3.83. The summed E-state index contributed by atoms with van der Waals surface area (Å²) in [6.07, 6.45) is 7.61. The molecule has 0 spiro atoms. The van der Waals surface area contributed by atoms with E-state index in [2.05, 4.69) is 57.4 Å². The summed E-state index contributed by atoms with van der Waals surface area (Å²) in [5.41, 5.74) is 3.01. The smallest absolute Gasteiger partial charge is 0.229 e. The molecule has 2 heterocycles. The number of allylic oxidation sites excluding steroid dienone is 1. The Kier molecular flexibility index (Phi) is 6.45. The molecule has 1 aliphatic carbocycles. The summed E-state index contributed by atoms with van der Waals surface area (Å²) >= 11 is 0. The summed E-state index contributed by atoms with van der Waals surface area (Å²) in [6.45, 7) is 7.40. The van der Waals surface area contributed by atoms with Gasteiger partial charge in [0.05, 0.1) is 19.3 Å². The number of nitrogens with one attached hydrogen (secondary N) is 1. The maximum Gasteiger partial charge on any atom is 0.229 e. The lowest BCUT2D eigenvalue weighted by Crippen LogP contribution is -2.36. The third kappa shape index (κ3) is 5.08. The molecule has 0 bridgehead atoms. The van der Waals surface area contributed by atoms with Gasteiger partial charge in [-0.15, -0.1) is 0 Å². The van der Waals surface area contributed by atoms with Crippen LogP contribution in [0.4, 0.5) is 23.1 Å². The molecule has 1 aromatic heterocycles. The highest BCUT2D eigenvalue weighted by atomic mass is 16.5. The van der Waals surface area contributed by atoms with Crippen molar-refractivity contribution in [2.24, 2.45) is 5.92 Å². The molecule has 7 heteroatoms. The lowest BCUT2D eigenvalue weighted by Gasteiger charge is -2.29. The van der Waals surface area contributed by atoms with Crippen molar-refractivity contribution >= 4 is 29.2 Å². The van der Waals surface area contributed by atoms with Gasteiger partial charge in [0.1, 0.15) is 5.82 Å². The second-order valence-corrected chi connectivity index (χ2v) is 7.69. The first kappa shape index (κ1) is 20.2. The van der Waals surface area contributed by atoms with Crippen molar-refractivity contribution in [1.82, 2.24) is 9.97 Å². The molecule has 2 aliphatic rings. The summed E-state index contributed by atoms with van der Waals surface area (Å²) in [6, 6.07) is 10.4. The van der Waals surface area contributed by atoms with Crippen molar-refractivity contribution in [3.05, 3.63) is 42.1 Å². The van der Waals surface area contributed by atoms with Gasteiger partial charge in [0.15, 0.2) is 0 Å². The van der Waals surface area contributed by atoms with Crippen molar-refractivity contribution in [1.29, 1.82) is 5.26 Å². The van der Waals surface area contributed by atoms with Crippen LogP contribution in [0.25, 0.3) is 6.08 Å². The summed E-state index contributed by atoms with van der Waals surface area (Å²) in [5.74, 6) is 2.18. The molecule has 2 aromatic rings. The zero-order valence-corrected chi connectivity index (χ0v) is 17.4. The van der Waals surface area contributed by atoms with Crippen LogP contribution in [-0.2, 0) is 4.74 Å². The monoisotopic (exact) mass is 404 g/mol. The number of nitriles is 1. The third-order valence-corrected chi connectivity index (χ3v) is 5.49. The molecule has 1 aliphatic heterocycles. The van der Waals surface area contributed by atoms with Crippen molar-refractivity contribution in [2.45, 2.75) is 19.8 Å². The molecule has 4 rings (SSSR count). The van der Waals surface area contributed by atoms with E-state index in [1.807, 2.05) is 0 Å². The van der Waals surface area contributed by atoms with Crippen molar-refractivity contribution in [2.75, 3.05) is 54.5 Å². The Morgan fingerprint density at radius 3 is 2.70 bits per heavy atom. The van der Waals surface area contributed by atoms with Gasteiger partial charge in [0.2, 0.25) is 5.95 Å². The van der Waals surface area contributed by atoms with E-state index in [4.69, 9.17) is 15.0 Å². The Hall–Kier alpha value is -3.11. The molecule has 0 atom stereocenters. The molecule has 1 saturated carbocycles. The van der Waals surface area contributed by atoms with Gasteiger partial charge in [-0.1, -0.05) is 0 Å². The number of benzene rings is 1. The third-order valence-electron chi connectivity index (χ3n) is 5.49. The normalized spacial score (nSPS) is 16.5. The van der Waals surface area contributed by atoms with E-state index in [1.54, 1.807) is 12.3 Å². The van der Waals surface area contributed by atoms with Gasteiger partial charge in [0, 0.05) is 55.4 Å². The second kappa shape index (κ2) is 9.59. The molecule has 156 valence electrons. The fraction of sp³-hybridized carbons (Fsp3) is 0.435. The zero-order chi connectivity index (χ0) is 20.8. The molecule has 30 heavy (non-hydrogen) atoms. The van der Waals surface area contributed by atoms with Gasteiger partial charge in [-0.05, 0) is 56.0 Å². The van der Waals surface area contributed by atoms with Crippen LogP contribution in [0.1, 0.15) is 25.3 Å². The van der Waals surface area contributed by atoms with Gasteiger partial charge in [-0.2, -0.15) is 10.2 Å². The number of hydrogen-bond acceptors (Lipinski definition) is 7. The minimum absolute atomic E-state index is 0.562. The fourth-order valence-electron chi connectivity index (χ4n) is 3.62. The highest BCUT2D eigenvalue weighted by Crippen LogP contribution is 2.32. The summed E-state index contributed by atoms with van der Waals surface area (Å²) in [7, 11) is 0. The van der Waals surface area contributed by atoms with E-state index < -0.39 is 0 Å². The molecule has 1 N–H and O–H groups in total. The molecular weight excluding hydrogens is 376 g/mol. The largest absolute Gasteiger partial charge is 0.378 e. The summed E-state index contributed by atoms with van der Waals surface area (Å²) in [5, 5.41) is 12.2. The topological polar surface area (TPSA) is 77.3 Å². The maximum atomic E-state index is 8.92. The van der Waals surface area contributed by atoms with Crippen LogP contribution in [0.2, 0.25) is 0 Å². The van der Waals surface area contributed by atoms with Gasteiger partial charge in [0.25, 0.3) is 0 Å². The van der Waals surface area contributed by atoms with E-state index in [0.717, 1.165) is 62.4 Å². The summed E-state index contributed by atoms with van der Waals surface area (Å²) < 4.78 is 5.43. The molecule has 7 nitrogen and oxygen atoms in total. The molecule has 0 radical (unpaired) electrons. The molecule has 0 unspecified atom stereocenters. The number of nitrogens with zero attached hydrogens (tertiary/aromatic N) is 5. The molecule has 0 amide bonds. The van der Waals surface area contributed by atoms with Crippen molar-refractivity contribution in [3.8, 4) is 6.07 Å². The van der Waals surface area contributed by atoms with E-state index >= 15 is 0 Å². The molecule has 1 saturated heterocycles. The summed E-state index contributed by atoms with van der Waals surface area (Å²) in [4.78, 5) is 13.9.